The fourth-order valence-electron chi connectivity index (χ4n) is 2.41. The van der Waals surface area contributed by atoms with Crippen molar-refractivity contribution in [1.29, 1.82) is 0 Å². The van der Waals surface area contributed by atoms with Crippen LogP contribution in [0.25, 0.3) is 0 Å². The highest BCUT2D eigenvalue weighted by atomic mass is 16.5. The predicted octanol–water partition coefficient (Wildman–Crippen LogP) is 5.61. The summed E-state index contributed by atoms with van der Waals surface area (Å²) in [5.41, 5.74) is 4.30. The van der Waals surface area contributed by atoms with Crippen LogP contribution in [-0.2, 0) is 11.2 Å². The van der Waals surface area contributed by atoms with Gasteiger partial charge in [0.2, 0.25) is 0 Å². The monoisotopic (exact) mass is 276 g/mol. The maximum absolute atomic E-state index is 6.01. The summed E-state index contributed by atoms with van der Waals surface area (Å²) in [5, 5.41) is 0. The average molecular weight is 276 g/mol. The zero-order valence-corrected chi connectivity index (χ0v) is 14.1. The Morgan fingerprint density at radius 1 is 1.00 bits per heavy atom. The highest BCUT2D eigenvalue weighted by molar-refractivity contribution is 5.29. The van der Waals surface area contributed by atoms with E-state index in [1.807, 2.05) is 0 Å². The van der Waals surface area contributed by atoms with Crippen LogP contribution in [0.4, 0.5) is 0 Å². The fraction of sp³-hybridized carbons (Fsp3) is 0.684. The van der Waals surface area contributed by atoms with Gasteiger partial charge in [0, 0.05) is 6.61 Å². The molecule has 0 bridgehead atoms. The van der Waals surface area contributed by atoms with Crippen LogP contribution >= 0.6 is 0 Å². The summed E-state index contributed by atoms with van der Waals surface area (Å²) in [6.07, 6.45) is 7.21. The first-order valence-electron chi connectivity index (χ1n) is 8.15. The molecule has 1 rings (SSSR count). The van der Waals surface area contributed by atoms with Crippen LogP contribution < -0.4 is 0 Å². The third-order valence-corrected chi connectivity index (χ3v) is 4.06. The van der Waals surface area contributed by atoms with E-state index in [9.17, 15) is 0 Å². The summed E-state index contributed by atoms with van der Waals surface area (Å²) < 4.78 is 6.01. The zero-order valence-electron chi connectivity index (χ0n) is 14.1. The van der Waals surface area contributed by atoms with Gasteiger partial charge in [-0.1, -0.05) is 38.0 Å². The molecular weight excluding hydrogens is 244 g/mol. The van der Waals surface area contributed by atoms with Crippen molar-refractivity contribution in [1.82, 2.24) is 0 Å². The van der Waals surface area contributed by atoms with E-state index in [1.165, 1.54) is 48.8 Å². The van der Waals surface area contributed by atoms with E-state index in [-0.39, 0.29) is 5.60 Å². The van der Waals surface area contributed by atoms with Gasteiger partial charge in [0.25, 0.3) is 0 Å². The Balaban J connectivity index is 2.20. The van der Waals surface area contributed by atoms with E-state index in [0.29, 0.717) is 0 Å². The molecule has 1 nitrogen and oxygen atoms in total. The molecule has 0 N–H and O–H groups in total. The van der Waals surface area contributed by atoms with Crippen molar-refractivity contribution >= 4 is 0 Å². The molecule has 0 aliphatic rings. The Bertz CT molecular complexity index is 393. The second-order valence-electron chi connectivity index (χ2n) is 6.59. The third-order valence-electron chi connectivity index (χ3n) is 4.06. The summed E-state index contributed by atoms with van der Waals surface area (Å²) in [5.74, 6) is 0. The van der Waals surface area contributed by atoms with Crippen molar-refractivity contribution in [2.75, 3.05) is 6.61 Å². The summed E-state index contributed by atoms with van der Waals surface area (Å²) in [4.78, 5) is 0. The van der Waals surface area contributed by atoms with Gasteiger partial charge in [-0.25, -0.2) is 0 Å². The lowest BCUT2D eigenvalue weighted by Crippen LogP contribution is -2.24. The molecule has 1 heteroatoms. The average Bonchev–Trinajstić information content (AvgIpc) is 2.40. The minimum absolute atomic E-state index is 0.0520. The van der Waals surface area contributed by atoms with Crippen molar-refractivity contribution in [2.24, 2.45) is 0 Å². The Kier molecular flexibility index (Phi) is 7.29. The molecule has 0 heterocycles. The lowest BCUT2D eigenvalue weighted by atomic mass is 10.0. The first kappa shape index (κ1) is 17.2. The second kappa shape index (κ2) is 8.46. The van der Waals surface area contributed by atoms with Gasteiger partial charge < -0.3 is 4.74 Å². The zero-order chi connectivity index (χ0) is 15.0. The van der Waals surface area contributed by atoms with Gasteiger partial charge in [0.15, 0.2) is 0 Å². The van der Waals surface area contributed by atoms with E-state index >= 15 is 0 Å². The molecule has 0 aliphatic heterocycles. The standard InChI is InChI=1S/C19H32O/c1-6-7-13-19(4,5)20-14-9-8-10-18-12-11-16(2)17(3)15-18/h11-12,15H,6-10,13-14H2,1-5H3. The Labute approximate surface area is 125 Å². The molecule has 114 valence electrons. The number of aryl methyl sites for hydroxylation is 3. The Morgan fingerprint density at radius 2 is 1.75 bits per heavy atom. The van der Waals surface area contributed by atoms with Crippen LogP contribution in [0, 0.1) is 13.8 Å². The van der Waals surface area contributed by atoms with Crippen LogP contribution in [0.3, 0.4) is 0 Å². The molecular formula is C19H32O. The number of hydrogen-bond donors (Lipinski definition) is 0. The largest absolute Gasteiger partial charge is 0.376 e. The van der Waals surface area contributed by atoms with Crippen LogP contribution in [0.5, 0.6) is 0 Å². The summed E-state index contributed by atoms with van der Waals surface area (Å²) in [6, 6.07) is 6.81. The van der Waals surface area contributed by atoms with E-state index in [1.54, 1.807) is 0 Å². The molecule has 0 saturated carbocycles. The minimum Gasteiger partial charge on any atom is -0.376 e. The molecule has 0 unspecified atom stereocenters. The van der Waals surface area contributed by atoms with E-state index < -0.39 is 0 Å². The molecule has 0 radical (unpaired) electrons. The number of unbranched alkanes of at least 4 members (excludes halogenated alkanes) is 2. The van der Waals surface area contributed by atoms with E-state index in [4.69, 9.17) is 4.74 Å². The minimum atomic E-state index is 0.0520. The summed E-state index contributed by atoms with van der Waals surface area (Å²) in [7, 11) is 0. The van der Waals surface area contributed by atoms with Crippen molar-refractivity contribution < 1.29 is 4.74 Å². The highest BCUT2D eigenvalue weighted by Crippen LogP contribution is 2.18. The highest BCUT2D eigenvalue weighted by Gasteiger charge is 2.16. The van der Waals surface area contributed by atoms with Gasteiger partial charge in [-0.15, -0.1) is 0 Å². The summed E-state index contributed by atoms with van der Waals surface area (Å²) >= 11 is 0. The topological polar surface area (TPSA) is 9.23 Å². The van der Waals surface area contributed by atoms with Crippen molar-refractivity contribution in [3.8, 4) is 0 Å². The normalized spacial score (nSPS) is 11.8. The number of hydrogen-bond acceptors (Lipinski definition) is 1. The maximum atomic E-state index is 6.01. The predicted molar refractivity (Wildman–Crippen MR) is 88.4 cm³/mol. The fourth-order valence-corrected chi connectivity index (χ4v) is 2.41. The molecule has 0 fully saturated rings. The lowest BCUT2D eigenvalue weighted by molar-refractivity contribution is -0.0262. The van der Waals surface area contributed by atoms with Crippen molar-refractivity contribution in [3.63, 3.8) is 0 Å². The van der Waals surface area contributed by atoms with Crippen LogP contribution in [0.15, 0.2) is 18.2 Å². The van der Waals surface area contributed by atoms with Crippen LogP contribution in [-0.4, -0.2) is 12.2 Å². The van der Waals surface area contributed by atoms with Gasteiger partial charge in [-0.3, -0.25) is 0 Å². The van der Waals surface area contributed by atoms with Crippen LogP contribution in [0.1, 0.15) is 69.6 Å². The molecule has 0 aliphatic carbocycles. The van der Waals surface area contributed by atoms with Gasteiger partial charge >= 0.3 is 0 Å². The number of ether oxygens (including phenoxy) is 1. The van der Waals surface area contributed by atoms with Crippen molar-refractivity contribution in [2.45, 2.75) is 78.7 Å². The first-order chi connectivity index (χ1) is 9.44. The Morgan fingerprint density at radius 3 is 2.40 bits per heavy atom. The molecule has 0 atom stereocenters. The van der Waals surface area contributed by atoms with Crippen LogP contribution in [0.2, 0.25) is 0 Å². The van der Waals surface area contributed by atoms with E-state index in [0.717, 1.165) is 13.0 Å². The van der Waals surface area contributed by atoms with Gasteiger partial charge in [-0.2, -0.15) is 0 Å². The van der Waals surface area contributed by atoms with E-state index in [2.05, 4.69) is 52.8 Å². The number of rotatable bonds is 9. The van der Waals surface area contributed by atoms with Gasteiger partial charge in [-0.05, 0) is 70.1 Å². The quantitative estimate of drug-likeness (QED) is 0.532. The molecule has 0 aromatic heterocycles. The molecule has 0 saturated heterocycles. The lowest BCUT2D eigenvalue weighted by Gasteiger charge is -2.25. The van der Waals surface area contributed by atoms with Gasteiger partial charge in [0.1, 0.15) is 0 Å². The molecule has 0 spiro atoms. The Hall–Kier alpha value is -0.820. The molecule has 0 amide bonds. The van der Waals surface area contributed by atoms with Gasteiger partial charge in [0.05, 0.1) is 5.60 Å². The maximum Gasteiger partial charge on any atom is 0.0626 e. The third kappa shape index (κ3) is 6.56. The smallest absolute Gasteiger partial charge is 0.0626 e. The SMILES string of the molecule is CCCCC(C)(C)OCCCCc1ccc(C)c(C)c1. The van der Waals surface area contributed by atoms with Crippen molar-refractivity contribution in [3.05, 3.63) is 34.9 Å². The first-order valence-corrected chi connectivity index (χ1v) is 8.15. The molecule has 1 aromatic carbocycles. The molecule has 20 heavy (non-hydrogen) atoms. The number of benzene rings is 1. The summed E-state index contributed by atoms with van der Waals surface area (Å²) in [6.45, 7) is 11.9. The second-order valence-corrected chi connectivity index (χ2v) is 6.59. The molecule has 1 aromatic rings.